The number of pyridine rings is 1. The minimum absolute atomic E-state index is 0.510. The molecule has 1 aromatic carbocycles. The molecule has 6 heteroatoms. The van der Waals surface area contributed by atoms with E-state index in [1.165, 1.54) is 19.9 Å². The lowest BCUT2D eigenvalue weighted by atomic mass is 10.2. The van der Waals surface area contributed by atoms with Crippen LogP contribution >= 0.6 is 34.9 Å². The fourth-order valence-corrected chi connectivity index (χ4v) is 4.10. The van der Waals surface area contributed by atoms with E-state index in [1.54, 1.807) is 29.4 Å². The lowest BCUT2D eigenvalue weighted by Gasteiger charge is -2.04. The summed E-state index contributed by atoms with van der Waals surface area (Å²) in [6.07, 6.45) is 0. The van der Waals surface area contributed by atoms with Gasteiger partial charge in [-0.15, -0.1) is 11.3 Å². The minimum Gasteiger partial charge on any atom is -0.384 e. The highest BCUT2D eigenvalue weighted by molar-refractivity contribution is 8.02. The van der Waals surface area contributed by atoms with Crippen molar-refractivity contribution in [1.29, 1.82) is 0 Å². The maximum atomic E-state index is 6.05. The molecule has 0 spiro atoms. The van der Waals surface area contributed by atoms with Crippen molar-refractivity contribution in [2.24, 2.45) is 0 Å². The molecular weight excluding hydrogens is 310 g/mol. The minimum atomic E-state index is 0.510. The van der Waals surface area contributed by atoms with Crippen molar-refractivity contribution in [2.75, 3.05) is 10.5 Å². The number of nitrogens with one attached hydrogen (secondary N) is 1. The van der Waals surface area contributed by atoms with Crippen molar-refractivity contribution in [2.45, 2.75) is 11.1 Å². The Morgan fingerprint density at radius 2 is 2.15 bits per heavy atom. The predicted molar refractivity (Wildman–Crippen MR) is 89.7 cm³/mol. The van der Waals surface area contributed by atoms with Gasteiger partial charge in [-0.05, 0) is 60.2 Å². The van der Waals surface area contributed by atoms with Crippen LogP contribution < -0.4 is 10.5 Å². The number of fused-ring (bicyclic) bond motifs is 1. The average molecular weight is 322 g/mol. The summed E-state index contributed by atoms with van der Waals surface area (Å²) in [6.45, 7) is 2.10. The predicted octanol–water partition coefficient (Wildman–Crippen LogP) is 4.96. The van der Waals surface area contributed by atoms with E-state index in [-0.39, 0.29) is 0 Å². The van der Waals surface area contributed by atoms with Gasteiger partial charge in [-0.2, -0.15) is 0 Å². The van der Waals surface area contributed by atoms with E-state index < -0.39 is 0 Å². The van der Waals surface area contributed by atoms with Gasteiger partial charge < -0.3 is 10.5 Å². The Morgan fingerprint density at radius 1 is 1.30 bits per heavy atom. The number of aromatic nitrogens is 1. The van der Waals surface area contributed by atoms with Gasteiger partial charge in [0.1, 0.15) is 11.6 Å². The first-order valence-electron chi connectivity index (χ1n) is 5.97. The fourth-order valence-electron chi connectivity index (χ4n) is 1.87. The maximum Gasteiger partial charge on any atom is 0.138 e. The number of hydrogen-bond donors (Lipinski definition) is 2. The molecule has 3 aromatic rings. The second-order valence-electron chi connectivity index (χ2n) is 4.31. The smallest absolute Gasteiger partial charge is 0.138 e. The molecule has 0 unspecified atom stereocenters. The van der Waals surface area contributed by atoms with Gasteiger partial charge >= 0.3 is 0 Å². The lowest BCUT2D eigenvalue weighted by Crippen LogP contribution is -1.94. The molecule has 0 aliphatic rings. The van der Waals surface area contributed by atoms with Gasteiger partial charge in [-0.3, -0.25) is 0 Å². The number of hydrogen-bond acceptors (Lipinski definition) is 5. The van der Waals surface area contributed by atoms with Crippen molar-refractivity contribution in [3.8, 4) is 0 Å². The summed E-state index contributed by atoms with van der Waals surface area (Å²) >= 11 is 9.34. The van der Waals surface area contributed by atoms with Crippen LogP contribution in [0.3, 0.4) is 0 Å². The largest absolute Gasteiger partial charge is 0.384 e. The molecule has 0 aliphatic carbocycles. The fraction of sp³-hybridized carbons (Fsp3) is 0.0714. The molecule has 0 radical (unpaired) electrons. The van der Waals surface area contributed by atoms with Crippen molar-refractivity contribution < 1.29 is 0 Å². The van der Waals surface area contributed by atoms with Crippen LogP contribution in [0.5, 0.6) is 0 Å². The third-order valence-electron chi connectivity index (χ3n) is 2.87. The topological polar surface area (TPSA) is 50.9 Å². The maximum absolute atomic E-state index is 6.05. The molecule has 20 heavy (non-hydrogen) atoms. The van der Waals surface area contributed by atoms with Crippen LogP contribution in [0.15, 0.2) is 40.6 Å². The first-order chi connectivity index (χ1) is 9.63. The van der Waals surface area contributed by atoms with Gasteiger partial charge in [0, 0.05) is 9.72 Å². The average Bonchev–Trinajstić information content (AvgIpc) is 2.73. The van der Waals surface area contributed by atoms with Gasteiger partial charge in [0.2, 0.25) is 0 Å². The molecule has 0 atom stereocenters. The molecule has 2 aromatic heterocycles. The van der Waals surface area contributed by atoms with Crippen LogP contribution in [-0.2, 0) is 0 Å². The van der Waals surface area contributed by atoms with E-state index in [0.29, 0.717) is 5.82 Å². The summed E-state index contributed by atoms with van der Waals surface area (Å²) in [4.78, 5) is 4.22. The molecule has 0 aliphatic heterocycles. The Balaban J connectivity index is 1.86. The molecule has 0 saturated heterocycles. The zero-order valence-corrected chi connectivity index (χ0v) is 13.1. The second kappa shape index (κ2) is 5.52. The summed E-state index contributed by atoms with van der Waals surface area (Å²) in [7, 11) is 0. The van der Waals surface area contributed by atoms with Crippen LogP contribution in [0.2, 0.25) is 5.02 Å². The van der Waals surface area contributed by atoms with E-state index in [2.05, 4.69) is 22.7 Å². The van der Waals surface area contributed by atoms with Gasteiger partial charge in [0.05, 0.1) is 4.21 Å². The number of aryl methyl sites for hydroxylation is 1. The number of thiophene rings is 1. The van der Waals surface area contributed by atoms with Crippen LogP contribution in [0.1, 0.15) is 5.56 Å². The Labute approximate surface area is 130 Å². The molecule has 3 N–H and O–H groups in total. The second-order valence-corrected chi connectivity index (χ2v) is 6.87. The Kier molecular flexibility index (Phi) is 3.74. The van der Waals surface area contributed by atoms with E-state index in [0.717, 1.165) is 10.8 Å². The lowest BCUT2D eigenvalue weighted by molar-refractivity contribution is 1.34. The molecular formula is C14H12ClN3S2. The van der Waals surface area contributed by atoms with E-state index in [1.807, 2.05) is 24.3 Å². The molecule has 0 fully saturated rings. The van der Waals surface area contributed by atoms with E-state index in [9.17, 15) is 0 Å². The van der Waals surface area contributed by atoms with Crippen molar-refractivity contribution in [1.82, 2.24) is 4.98 Å². The highest BCUT2D eigenvalue weighted by Gasteiger charge is 2.10. The molecule has 0 bridgehead atoms. The number of rotatable bonds is 3. The summed E-state index contributed by atoms with van der Waals surface area (Å²) in [5, 5.41) is 1.97. The molecule has 102 valence electrons. The first kappa shape index (κ1) is 13.5. The van der Waals surface area contributed by atoms with Crippen LogP contribution in [-0.4, -0.2) is 4.98 Å². The molecule has 2 heterocycles. The number of halogens is 1. The Bertz CT molecular complexity index is 770. The summed E-state index contributed by atoms with van der Waals surface area (Å²) in [5.41, 5.74) is 6.89. The van der Waals surface area contributed by atoms with Crippen molar-refractivity contribution in [3.63, 3.8) is 0 Å². The molecule has 0 amide bonds. The molecule has 3 nitrogen and oxygen atoms in total. The number of nitrogens with zero attached hydrogens (tertiary/aromatic N) is 1. The summed E-state index contributed by atoms with van der Waals surface area (Å²) in [5.74, 6) is 1.26. The normalized spacial score (nSPS) is 10.9. The molecule has 0 saturated carbocycles. The third-order valence-corrected chi connectivity index (χ3v) is 5.48. The van der Waals surface area contributed by atoms with Gasteiger partial charge in [0.25, 0.3) is 0 Å². The van der Waals surface area contributed by atoms with Crippen LogP contribution in [0.4, 0.5) is 11.6 Å². The summed E-state index contributed by atoms with van der Waals surface area (Å²) < 4.78 is 5.65. The SMILES string of the molecule is Cc1c(SNc2cccc(N)n2)sc2ccc(Cl)cc12. The van der Waals surface area contributed by atoms with Crippen LogP contribution in [0, 0.1) is 6.92 Å². The van der Waals surface area contributed by atoms with Gasteiger partial charge in [-0.25, -0.2) is 4.98 Å². The number of anilines is 2. The Morgan fingerprint density at radius 3 is 2.95 bits per heavy atom. The first-order valence-corrected chi connectivity index (χ1v) is 7.98. The summed E-state index contributed by atoms with van der Waals surface area (Å²) in [6, 6.07) is 11.5. The highest BCUT2D eigenvalue weighted by Crippen LogP contribution is 2.38. The number of nitrogen functional groups attached to an aromatic ring is 1. The number of nitrogens with two attached hydrogens (primary N) is 1. The van der Waals surface area contributed by atoms with E-state index in [4.69, 9.17) is 17.3 Å². The third kappa shape index (κ3) is 2.70. The zero-order valence-electron chi connectivity index (χ0n) is 10.7. The Hall–Kier alpha value is -1.43. The van der Waals surface area contributed by atoms with Gasteiger partial charge in [-0.1, -0.05) is 17.7 Å². The van der Waals surface area contributed by atoms with Crippen molar-refractivity contribution >= 4 is 56.6 Å². The quantitative estimate of drug-likeness (QED) is 0.669. The highest BCUT2D eigenvalue weighted by atomic mass is 35.5. The number of benzene rings is 1. The van der Waals surface area contributed by atoms with E-state index >= 15 is 0 Å². The zero-order chi connectivity index (χ0) is 14.1. The van der Waals surface area contributed by atoms with Crippen LogP contribution in [0.25, 0.3) is 10.1 Å². The monoisotopic (exact) mass is 321 g/mol. The molecule has 3 rings (SSSR count). The standard InChI is InChI=1S/C14H12ClN3S2/c1-8-10-7-9(15)5-6-11(10)19-14(8)20-18-13-4-2-3-12(16)17-13/h2-7H,1H3,(H3,16,17,18). The van der Waals surface area contributed by atoms with Crippen molar-refractivity contribution in [3.05, 3.63) is 47.0 Å². The van der Waals surface area contributed by atoms with Gasteiger partial charge in [0.15, 0.2) is 0 Å².